The van der Waals surface area contributed by atoms with Crippen molar-refractivity contribution in [3.8, 4) is 0 Å². The van der Waals surface area contributed by atoms with E-state index in [2.05, 4.69) is 10.6 Å². The first kappa shape index (κ1) is 20.3. The summed E-state index contributed by atoms with van der Waals surface area (Å²) in [5.41, 5.74) is 6.58. The van der Waals surface area contributed by atoms with Crippen LogP contribution in [0.5, 0.6) is 0 Å². The fraction of sp³-hybridized carbons (Fsp3) is 0.389. The van der Waals surface area contributed by atoms with Gasteiger partial charge in [0.25, 0.3) is 0 Å². The lowest BCUT2D eigenvalue weighted by Gasteiger charge is -2.21. The zero-order valence-electron chi connectivity index (χ0n) is 14.6. The van der Waals surface area contributed by atoms with E-state index in [4.69, 9.17) is 5.73 Å². The lowest BCUT2D eigenvalue weighted by Crippen LogP contribution is -2.53. The van der Waals surface area contributed by atoms with Gasteiger partial charge < -0.3 is 16.4 Å². The summed E-state index contributed by atoms with van der Waals surface area (Å²) in [6, 6.07) is 4.07. The van der Waals surface area contributed by atoms with E-state index in [1.165, 1.54) is 25.1 Å². The molecule has 0 fully saturated rings. The van der Waals surface area contributed by atoms with Gasteiger partial charge in [0, 0.05) is 13.3 Å². The molecule has 3 amide bonds. The maximum Gasteiger partial charge on any atom is 0.243 e. The summed E-state index contributed by atoms with van der Waals surface area (Å²) < 4.78 is 13.8. The molecule has 1 aromatic carbocycles. The lowest BCUT2D eigenvalue weighted by atomic mass is 10.0. The van der Waals surface area contributed by atoms with Crippen molar-refractivity contribution >= 4 is 17.7 Å². The third kappa shape index (κ3) is 7.15. The second-order valence-electron chi connectivity index (χ2n) is 6.03. The van der Waals surface area contributed by atoms with Crippen molar-refractivity contribution in [1.29, 1.82) is 0 Å². The van der Waals surface area contributed by atoms with Gasteiger partial charge in [0.05, 0.1) is 0 Å². The fourth-order valence-electron chi connectivity index (χ4n) is 2.21. The van der Waals surface area contributed by atoms with E-state index in [9.17, 15) is 18.8 Å². The number of halogens is 1. The van der Waals surface area contributed by atoms with Crippen LogP contribution >= 0.6 is 0 Å². The monoisotopic (exact) mass is 349 g/mol. The van der Waals surface area contributed by atoms with E-state index in [0.717, 1.165) is 5.57 Å². The maximum absolute atomic E-state index is 13.8. The molecule has 0 radical (unpaired) electrons. The Labute approximate surface area is 146 Å². The molecule has 0 aromatic heterocycles. The Morgan fingerprint density at radius 3 is 2.28 bits per heavy atom. The van der Waals surface area contributed by atoms with E-state index in [0.29, 0.717) is 0 Å². The number of rotatable bonds is 8. The second-order valence-corrected chi connectivity index (χ2v) is 6.03. The molecule has 0 spiro atoms. The smallest absolute Gasteiger partial charge is 0.243 e. The van der Waals surface area contributed by atoms with Crippen molar-refractivity contribution < 1.29 is 18.8 Å². The molecule has 1 aromatic rings. The van der Waals surface area contributed by atoms with Crippen LogP contribution in [0, 0.1) is 5.82 Å². The van der Waals surface area contributed by atoms with E-state index in [1.54, 1.807) is 12.1 Å². The van der Waals surface area contributed by atoms with Crippen molar-refractivity contribution in [2.24, 2.45) is 5.73 Å². The molecule has 0 aliphatic carbocycles. The molecule has 0 saturated carbocycles. The molecule has 136 valence electrons. The van der Waals surface area contributed by atoms with Gasteiger partial charge in [0.1, 0.15) is 17.9 Å². The van der Waals surface area contributed by atoms with Gasteiger partial charge >= 0.3 is 0 Å². The average molecular weight is 349 g/mol. The number of hydrogen-bond donors (Lipinski definition) is 3. The molecule has 25 heavy (non-hydrogen) atoms. The normalized spacial score (nSPS) is 12.6. The SMILES string of the molecule is CC(=O)N[C@H](Cc1ccccc1F)C(=O)N[C@@H](CC=C(C)C)C(N)=O. The Balaban J connectivity index is 2.91. The van der Waals surface area contributed by atoms with Gasteiger partial charge in [-0.1, -0.05) is 29.8 Å². The van der Waals surface area contributed by atoms with Crippen LogP contribution < -0.4 is 16.4 Å². The van der Waals surface area contributed by atoms with E-state index >= 15 is 0 Å². The van der Waals surface area contributed by atoms with E-state index < -0.39 is 35.6 Å². The zero-order chi connectivity index (χ0) is 19.0. The first-order valence-electron chi connectivity index (χ1n) is 7.94. The number of allylic oxidation sites excluding steroid dienone is 1. The highest BCUT2D eigenvalue weighted by molar-refractivity contribution is 5.91. The summed E-state index contributed by atoms with van der Waals surface area (Å²) in [6.07, 6.45) is 1.99. The molecule has 1 rings (SSSR count). The van der Waals surface area contributed by atoms with Gasteiger partial charge in [-0.05, 0) is 31.9 Å². The number of hydrogen-bond acceptors (Lipinski definition) is 3. The summed E-state index contributed by atoms with van der Waals surface area (Å²) in [5.74, 6) is -2.18. The van der Waals surface area contributed by atoms with E-state index in [-0.39, 0.29) is 18.4 Å². The number of carbonyl (C=O) groups is 3. The Bertz CT molecular complexity index is 669. The standard InChI is InChI=1S/C18H24FN3O3/c1-11(2)8-9-15(17(20)24)22-18(25)16(21-12(3)23)10-13-6-4-5-7-14(13)19/h4-8,15-16H,9-10H2,1-3H3,(H2,20,24)(H,21,23)(H,22,25)/t15-,16+/m0/s1. The molecule has 2 atom stereocenters. The number of amides is 3. The number of nitrogens with one attached hydrogen (secondary N) is 2. The Morgan fingerprint density at radius 1 is 1.12 bits per heavy atom. The number of benzene rings is 1. The molecule has 4 N–H and O–H groups in total. The van der Waals surface area contributed by atoms with Crippen LogP contribution in [0.15, 0.2) is 35.9 Å². The molecule has 0 aliphatic heterocycles. The maximum atomic E-state index is 13.8. The van der Waals surface area contributed by atoms with Gasteiger partial charge in [-0.15, -0.1) is 0 Å². The lowest BCUT2D eigenvalue weighted by molar-refractivity contribution is -0.130. The summed E-state index contributed by atoms with van der Waals surface area (Å²) in [4.78, 5) is 35.4. The van der Waals surface area contributed by atoms with Gasteiger partial charge in [0.2, 0.25) is 17.7 Å². The van der Waals surface area contributed by atoms with Crippen LogP contribution in [0.25, 0.3) is 0 Å². The zero-order valence-corrected chi connectivity index (χ0v) is 14.6. The van der Waals surface area contributed by atoms with Gasteiger partial charge in [-0.2, -0.15) is 0 Å². The number of nitrogens with two attached hydrogens (primary N) is 1. The first-order chi connectivity index (χ1) is 11.7. The minimum atomic E-state index is -1.01. The Morgan fingerprint density at radius 2 is 1.76 bits per heavy atom. The highest BCUT2D eigenvalue weighted by atomic mass is 19.1. The Hall–Kier alpha value is -2.70. The van der Waals surface area contributed by atoms with Crippen molar-refractivity contribution in [1.82, 2.24) is 10.6 Å². The average Bonchev–Trinajstić information content (AvgIpc) is 2.51. The summed E-state index contributed by atoms with van der Waals surface area (Å²) in [6.45, 7) is 4.98. The molecule has 0 heterocycles. The molecular formula is C18H24FN3O3. The first-order valence-corrected chi connectivity index (χ1v) is 7.94. The van der Waals surface area contributed by atoms with Crippen molar-refractivity contribution in [2.45, 2.75) is 45.7 Å². The molecule has 6 nitrogen and oxygen atoms in total. The highest BCUT2D eigenvalue weighted by Crippen LogP contribution is 2.10. The summed E-state index contributed by atoms with van der Waals surface area (Å²) >= 11 is 0. The molecule has 0 saturated heterocycles. The van der Waals surface area contributed by atoms with Crippen LogP contribution in [0.2, 0.25) is 0 Å². The van der Waals surface area contributed by atoms with Gasteiger partial charge in [0.15, 0.2) is 0 Å². The number of primary amides is 1. The minimum absolute atomic E-state index is 0.0355. The minimum Gasteiger partial charge on any atom is -0.368 e. The Kier molecular flexibility index (Phi) is 7.78. The molecule has 7 heteroatoms. The van der Waals surface area contributed by atoms with Crippen LogP contribution in [0.4, 0.5) is 4.39 Å². The van der Waals surface area contributed by atoms with Crippen LogP contribution in [0.1, 0.15) is 32.8 Å². The molecule has 0 aliphatic rings. The predicted octanol–water partition coefficient (Wildman–Crippen LogP) is 1.20. The van der Waals surface area contributed by atoms with Crippen molar-refractivity contribution in [2.75, 3.05) is 0 Å². The quantitative estimate of drug-likeness (QED) is 0.615. The fourth-order valence-corrected chi connectivity index (χ4v) is 2.21. The largest absolute Gasteiger partial charge is 0.368 e. The molecule has 0 unspecified atom stereocenters. The van der Waals surface area contributed by atoms with Crippen molar-refractivity contribution in [3.05, 3.63) is 47.3 Å². The third-order valence-electron chi connectivity index (χ3n) is 3.50. The third-order valence-corrected chi connectivity index (χ3v) is 3.50. The predicted molar refractivity (Wildman–Crippen MR) is 92.9 cm³/mol. The van der Waals surface area contributed by atoms with Crippen LogP contribution in [-0.4, -0.2) is 29.8 Å². The topological polar surface area (TPSA) is 101 Å². The second kappa shape index (κ2) is 9.56. The number of carbonyl (C=O) groups excluding carboxylic acids is 3. The van der Waals surface area contributed by atoms with Crippen LogP contribution in [0.3, 0.4) is 0 Å². The van der Waals surface area contributed by atoms with E-state index in [1.807, 2.05) is 13.8 Å². The van der Waals surface area contributed by atoms with Crippen molar-refractivity contribution in [3.63, 3.8) is 0 Å². The molecule has 0 bridgehead atoms. The highest BCUT2D eigenvalue weighted by Gasteiger charge is 2.25. The summed E-state index contributed by atoms with van der Waals surface area (Å²) in [7, 11) is 0. The van der Waals surface area contributed by atoms with Gasteiger partial charge in [-0.3, -0.25) is 14.4 Å². The molecular weight excluding hydrogens is 325 g/mol. The van der Waals surface area contributed by atoms with Crippen LogP contribution in [-0.2, 0) is 20.8 Å². The summed E-state index contributed by atoms with van der Waals surface area (Å²) in [5, 5.41) is 5.00. The van der Waals surface area contributed by atoms with Gasteiger partial charge in [-0.25, -0.2) is 4.39 Å².